The Hall–Kier alpha value is -0.570. The molecule has 2 heterocycles. The highest BCUT2D eigenvalue weighted by atomic mass is 16.2. The lowest BCUT2D eigenvalue weighted by Crippen LogP contribution is -2.43. The van der Waals surface area contributed by atoms with Crippen molar-refractivity contribution in [3.8, 4) is 0 Å². The molecule has 2 aliphatic heterocycles. The topological polar surface area (TPSA) is 23.6 Å². The number of likely N-dealkylation sites (tertiary alicyclic amines) is 2. The molecule has 2 fully saturated rings. The average molecular weight is 337 g/mol. The Morgan fingerprint density at radius 3 is 1.83 bits per heavy atom. The fourth-order valence-electron chi connectivity index (χ4n) is 4.65. The molecule has 0 bridgehead atoms. The van der Waals surface area contributed by atoms with Crippen molar-refractivity contribution in [2.75, 3.05) is 32.7 Å². The van der Waals surface area contributed by atoms with Crippen molar-refractivity contribution < 1.29 is 4.79 Å². The van der Waals surface area contributed by atoms with Crippen LogP contribution in [0.3, 0.4) is 0 Å². The third kappa shape index (κ3) is 5.21. The summed E-state index contributed by atoms with van der Waals surface area (Å²) in [5.74, 6) is 1.89. The first kappa shape index (κ1) is 19.8. The van der Waals surface area contributed by atoms with Gasteiger partial charge in [-0.25, -0.2) is 0 Å². The summed E-state index contributed by atoms with van der Waals surface area (Å²) in [6.07, 6.45) is 6.37. The molecule has 0 saturated carbocycles. The van der Waals surface area contributed by atoms with Gasteiger partial charge in [0.1, 0.15) is 0 Å². The maximum atomic E-state index is 11.5. The third-order valence-corrected chi connectivity index (χ3v) is 6.93. The van der Waals surface area contributed by atoms with Gasteiger partial charge < -0.3 is 9.80 Å². The highest BCUT2D eigenvalue weighted by molar-refractivity contribution is 5.73. The van der Waals surface area contributed by atoms with Crippen LogP contribution in [-0.2, 0) is 4.79 Å². The van der Waals surface area contributed by atoms with Crippen molar-refractivity contribution in [3.05, 3.63) is 0 Å². The molecule has 3 nitrogen and oxygen atoms in total. The first-order valence-electron chi connectivity index (χ1n) is 10.1. The lowest BCUT2D eigenvalue weighted by atomic mass is 9.71. The molecule has 1 amide bonds. The van der Waals surface area contributed by atoms with Crippen LogP contribution in [0.4, 0.5) is 0 Å². The maximum Gasteiger partial charge on any atom is 0.219 e. The molecular formula is C21H40N2O. The maximum absolute atomic E-state index is 11.5. The Kier molecular flexibility index (Phi) is 6.39. The van der Waals surface area contributed by atoms with E-state index in [9.17, 15) is 4.79 Å². The van der Waals surface area contributed by atoms with E-state index in [1.165, 1.54) is 51.7 Å². The summed E-state index contributed by atoms with van der Waals surface area (Å²) in [4.78, 5) is 16.2. The van der Waals surface area contributed by atoms with E-state index in [1.807, 2.05) is 4.90 Å². The highest BCUT2D eigenvalue weighted by Crippen LogP contribution is 2.39. The van der Waals surface area contributed by atoms with Crippen LogP contribution in [0.2, 0.25) is 0 Å². The molecule has 0 radical (unpaired) electrons. The standard InChI is InChI=1S/C21H40N2O/c1-17(24)23-14-9-19(10-15-23)21(5,6)11-16-22-12-7-18(8-13-22)20(2,3)4/h18-19H,7-16H2,1-6H3. The first-order valence-corrected chi connectivity index (χ1v) is 10.1. The molecule has 0 atom stereocenters. The van der Waals surface area contributed by atoms with E-state index in [1.54, 1.807) is 6.92 Å². The van der Waals surface area contributed by atoms with E-state index in [2.05, 4.69) is 39.5 Å². The molecule has 24 heavy (non-hydrogen) atoms. The van der Waals surface area contributed by atoms with Crippen LogP contribution in [0.25, 0.3) is 0 Å². The second kappa shape index (κ2) is 7.76. The Labute approximate surface area is 150 Å². The highest BCUT2D eigenvalue weighted by Gasteiger charge is 2.34. The van der Waals surface area contributed by atoms with Gasteiger partial charge in [-0.2, -0.15) is 0 Å². The fraction of sp³-hybridized carbons (Fsp3) is 0.952. The van der Waals surface area contributed by atoms with Crippen LogP contribution in [0.1, 0.15) is 73.6 Å². The normalized spacial score (nSPS) is 22.8. The van der Waals surface area contributed by atoms with E-state index < -0.39 is 0 Å². The summed E-state index contributed by atoms with van der Waals surface area (Å²) in [7, 11) is 0. The summed E-state index contributed by atoms with van der Waals surface area (Å²) in [5.41, 5.74) is 0.861. The van der Waals surface area contributed by atoms with Crippen LogP contribution >= 0.6 is 0 Å². The number of carbonyl (C=O) groups excluding carboxylic acids is 1. The number of piperidine rings is 2. The monoisotopic (exact) mass is 336 g/mol. The number of carbonyl (C=O) groups is 1. The summed E-state index contributed by atoms with van der Waals surface area (Å²) in [6, 6.07) is 0. The van der Waals surface area contributed by atoms with Gasteiger partial charge in [-0.15, -0.1) is 0 Å². The van der Waals surface area contributed by atoms with E-state index >= 15 is 0 Å². The summed E-state index contributed by atoms with van der Waals surface area (Å²) in [6.45, 7) is 19.5. The zero-order valence-electron chi connectivity index (χ0n) is 17.0. The molecule has 2 rings (SSSR count). The van der Waals surface area contributed by atoms with Crippen LogP contribution in [0, 0.1) is 22.7 Å². The second-order valence-corrected chi connectivity index (χ2v) is 10.0. The summed E-state index contributed by atoms with van der Waals surface area (Å²) >= 11 is 0. The molecule has 0 unspecified atom stereocenters. The van der Waals surface area contributed by atoms with Crippen LogP contribution in [-0.4, -0.2) is 48.4 Å². The number of hydrogen-bond acceptors (Lipinski definition) is 2. The van der Waals surface area contributed by atoms with Crippen molar-refractivity contribution >= 4 is 5.91 Å². The number of rotatable bonds is 4. The predicted molar refractivity (Wildman–Crippen MR) is 102 cm³/mol. The zero-order chi connectivity index (χ0) is 18.0. The van der Waals surface area contributed by atoms with Crippen molar-refractivity contribution in [2.45, 2.75) is 73.6 Å². The number of hydrogen-bond donors (Lipinski definition) is 0. The van der Waals surface area contributed by atoms with Gasteiger partial charge in [0, 0.05) is 20.0 Å². The lowest BCUT2D eigenvalue weighted by molar-refractivity contribution is -0.130. The van der Waals surface area contributed by atoms with Gasteiger partial charge in [0.05, 0.1) is 0 Å². The lowest BCUT2D eigenvalue weighted by Gasteiger charge is -2.43. The van der Waals surface area contributed by atoms with Gasteiger partial charge in [-0.3, -0.25) is 4.79 Å². The van der Waals surface area contributed by atoms with E-state index in [-0.39, 0.29) is 5.91 Å². The molecule has 0 N–H and O–H groups in total. The van der Waals surface area contributed by atoms with Gasteiger partial charge in [0.2, 0.25) is 5.91 Å². The molecule has 140 valence electrons. The Balaban J connectivity index is 1.74. The molecule has 0 spiro atoms. The fourth-order valence-corrected chi connectivity index (χ4v) is 4.65. The molecule has 0 aromatic heterocycles. The first-order chi connectivity index (χ1) is 11.1. The summed E-state index contributed by atoms with van der Waals surface area (Å²) < 4.78 is 0. The van der Waals surface area contributed by atoms with Crippen LogP contribution in [0.15, 0.2) is 0 Å². The van der Waals surface area contributed by atoms with Crippen molar-refractivity contribution in [1.82, 2.24) is 9.80 Å². The van der Waals surface area contributed by atoms with E-state index in [0.29, 0.717) is 10.8 Å². The van der Waals surface area contributed by atoms with E-state index in [4.69, 9.17) is 0 Å². The molecule has 0 aromatic rings. The van der Waals surface area contributed by atoms with E-state index in [0.717, 1.165) is 24.9 Å². The SMILES string of the molecule is CC(=O)N1CCC(C(C)(C)CCN2CCC(C(C)(C)C)CC2)CC1. The van der Waals surface area contributed by atoms with Crippen LogP contribution in [0.5, 0.6) is 0 Å². The van der Waals surface area contributed by atoms with Crippen molar-refractivity contribution in [3.63, 3.8) is 0 Å². The quantitative estimate of drug-likeness (QED) is 0.759. The zero-order valence-corrected chi connectivity index (χ0v) is 17.0. The third-order valence-electron chi connectivity index (χ3n) is 6.93. The van der Waals surface area contributed by atoms with Crippen molar-refractivity contribution in [1.29, 1.82) is 0 Å². The van der Waals surface area contributed by atoms with Crippen LogP contribution < -0.4 is 0 Å². The predicted octanol–water partition coefficient (Wildman–Crippen LogP) is 4.42. The molecule has 0 aromatic carbocycles. The van der Waals surface area contributed by atoms with Gasteiger partial charge in [0.15, 0.2) is 0 Å². The number of nitrogens with zero attached hydrogens (tertiary/aromatic N) is 2. The smallest absolute Gasteiger partial charge is 0.219 e. The molecule has 0 aliphatic carbocycles. The molecular weight excluding hydrogens is 296 g/mol. The number of amides is 1. The molecule has 2 aliphatic rings. The Morgan fingerprint density at radius 2 is 1.38 bits per heavy atom. The van der Waals surface area contributed by atoms with Gasteiger partial charge in [-0.05, 0) is 74.4 Å². The van der Waals surface area contributed by atoms with Crippen molar-refractivity contribution in [2.24, 2.45) is 22.7 Å². The minimum atomic E-state index is 0.243. The molecule has 2 saturated heterocycles. The molecule has 3 heteroatoms. The minimum Gasteiger partial charge on any atom is -0.343 e. The second-order valence-electron chi connectivity index (χ2n) is 10.0. The van der Waals surface area contributed by atoms with Gasteiger partial charge >= 0.3 is 0 Å². The Morgan fingerprint density at radius 1 is 0.875 bits per heavy atom. The largest absolute Gasteiger partial charge is 0.343 e. The summed E-state index contributed by atoms with van der Waals surface area (Å²) in [5, 5.41) is 0. The van der Waals surface area contributed by atoms with Gasteiger partial charge in [-0.1, -0.05) is 34.6 Å². The average Bonchev–Trinajstić information content (AvgIpc) is 2.52. The Bertz CT molecular complexity index is 408. The minimum absolute atomic E-state index is 0.243. The van der Waals surface area contributed by atoms with Gasteiger partial charge in [0.25, 0.3) is 0 Å².